The van der Waals surface area contributed by atoms with E-state index in [1.165, 1.54) is 26.2 Å². The SMILES string of the molecule is COC(=O)N(C)c1ccccc1C(=O)OCc1nc(-c2ccc(OC)cc2OC)no1. The minimum Gasteiger partial charge on any atom is -0.497 e. The molecule has 0 bridgehead atoms. The Kier molecular flexibility index (Phi) is 6.71. The van der Waals surface area contributed by atoms with Crippen LogP contribution in [-0.2, 0) is 16.1 Å². The maximum Gasteiger partial charge on any atom is 0.413 e. The molecule has 1 aromatic heterocycles. The molecule has 3 rings (SSSR count). The molecule has 162 valence electrons. The van der Waals surface area contributed by atoms with E-state index in [9.17, 15) is 9.59 Å². The predicted molar refractivity (Wildman–Crippen MR) is 109 cm³/mol. The molecule has 3 aromatic rings. The third-order valence-electron chi connectivity index (χ3n) is 4.38. The third-order valence-corrected chi connectivity index (χ3v) is 4.38. The van der Waals surface area contributed by atoms with Crippen LogP contribution in [0.15, 0.2) is 47.0 Å². The van der Waals surface area contributed by atoms with Gasteiger partial charge in [0.1, 0.15) is 11.5 Å². The number of benzene rings is 2. The molecule has 0 spiro atoms. The summed E-state index contributed by atoms with van der Waals surface area (Å²) in [6, 6.07) is 11.7. The zero-order valence-corrected chi connectivity index (χ0v) is 17.4. The molecule has 10 nitrogen and oxygen atoms in total. The molecule has 10 heteroatoms. The smallest absolute Gasteiger partial charge is 0.413 e. The van der Waals surface area contributed by atoms with Gasteiger partial charge in [-0.3, -0.25) is 4.90 Å². The van der Waals surface area contributed by atoms with E-state index in [2.05, 4.69) is 10.1 Å². The third kappa shape index (κ3) is 4.74. The van der Waals surface area contributed by atoms with Crippen LogP contribution in [0.5, 0.6) is 11.5 Å². The van der Waals surface area contributed by atoms with Crippen LogP contribution in [0, 0.1) is 0 Å². The van der Waals surface area contributed by atoms with Crippen LogP contribution in [0.4, 0.5) is 10.5 Å². The number of amides is 1. The van der Waals surface area contributed by atoms with Gasteiger partial charge in [0.05, 0.1) is 38.1 Å². The van der Waals surface area contributed by atoms with Gasteiger partial charge in [0.25, 0.3) is 5.89 Å². The molecule has 0 unspecified atom stereocenters. The van der Waals surface area contributed by atoms with E-state index in [1.807, 2.05) is 0 Å². The number of hydrogen-bond donors (Lipinski definition) is 0. The molecule has 1 heterocycles. The largest absolute Gasteiger partial charge is 0.497 e. The van der Waals surface area contributed by atoms with Crippen molar-refractivity contribution < 1.29 is 33.1 Å². The first-order chi connectivity index (χ1) is 15.0. The highest BCUT2D eigenvalue weighted by molar-refractivity contribution is 6.00. The Balaban J connectivity index is 1.74. The number of esters is 1. The van der Waals surface area contributed by atoms with Crippen molar-refractivity contribution in [2.45, 2.75) is 6.61 Å². The Bertz CT molecular complexity index is 1080. The van der Waals surface area contributed by atoms with Crippen LogP contribution in [0.2, 0.25) is 0 Å². The predicted octanol–water partition coefficient (Wildman–Crippen LogP) is 3.31. The van der Waals surface area contributed by atoms with E-state index in [-0.39, 0.29) is 23.9 Å². The maximum absolute atomic E-state index is 12.6. The van der Waals surface area contributed by atoms with Crippen molar-refractivity contribution >= 4 is 17.7 Å². The van der Waals surface area contributed by atoms with Gasteiger partial charge in [-0.1, -0.05) is 17.3 Å². The van der Waals surface area contributed by atoms with Crippen LogP contribution in [0.1, 0.15) is 16.2 Å². The van der Waals surface area contributed by atoms with Gasteiger partial charge in [0.15, 0.2) is 6.61 Å². The number of aromatic nitrogens is 2. The van der Waals surface area contributed by atoms with Crippen molar-refractivity contribution in [3.63, 3.8) is 0 Å². The molecular weight excluding hydrogens is 406 g/mol. The normalized spacial score (nSPS) is 10.3. The van der Waals surface area contributed by atoms with Crippen LogP contribution in [-0.4, -0.2) is 50.6 Å². The summed E-state index contributed by atoms with van der Waals surface area (Å²) in [6.07, 6.45) is -0.616. The van der Waals surface area contributed by atoms with Gasteiger partial charge < -0.3 is 23.5 Å². The van der Waals surface area contributed by atoms with Crippen molar-refractivity contribution in [2.75, 3.05) is 33.3 Å². The molecule has 0 saturated heterocycles. The summed E-state index contributed by atoms with van der Waals surface area (Å²) in [5.41, 5.74) is 1.12. The fraction of sp³-hybridized carbons (Fsp3) is 0.238. The Morgan fingerprint density at radius 3 is 2.55 bits per heavy atom. The molecule has 0 fully saturated rings. The lowest BCUT2D eigenvalue weighted by molar-refractivity contribution is 0.0430. The van der Waals surface area contributed by atoms with Crippen LogP contribution >= 0.6 is 0 Å². The molecule has 1 amide bonds. The Morgan fingerprint density at radius 1 is 1.06 bits per heavy atom. The van der Waals surface area contributed by atoms with Gasteiger partial charge in [-0.2, -0.15) is 4.98 Å². The molecule has 31 heavy (non-hydrogen) atoms. The van der Waals surface area contributed by atoms with E-state index in [0.29, 0.717) is 22.7 Å². The molecule has 2 aromatic carbocycles. The molecule has 0 atom stereocenters. The lowest BCUT2D eigenvalue weighted by Gasteiger charge is -2.18. The van der Waals surface area contributed by atoms with E-state index in [0.717, 1.165) is 0 Å². The number of nitrogens with zero attached hydrogens (tertiary/aromatic N) is 3. The molecule has 0 aliphatic rings. The number of carbonyl (C=O) groups is 2. The van der Waals surface area contributed by atoms with E-state index in [1.54, 1.807) is 49.6 Å². The highest BCUT2D eigenvalue weighted by atomic mass is 16.6. The van der Waals surface area contributed by atoms with Gasteiger partial charge in [0, 0.05) is 13.1 Å². The zero-order chi connectivity index (χ0) is 22.4. The van der Waals surface area contributed by atoms with Crippen LogP contribution in [0.25, 0.3) is 11.4 Å². The summed E-state index contributed by atoms with van der Waals surface area (Å²) < 4.78 is 25.7. The van der Waals surface area contributed by atoms with Crippen molar-refractivity contribution in [2.24, 2.45) is 0 Å². The average Bonchev–Trinajstić information content (AvgIpc) is 3.29. The number of rotatable bonds is 7. The summed E-state index contributed by atoms with van der Waals surface area (Å²) in [6.45, 7) is -0.249. The Hall–Kier alpha value is -4.08. The first-order valence-corrected chi connectivity index (χ1v) is 9.11. The molecule has 0 saturated carbocycles. The summed E-state index contributed by atoms with van der Waals surface area (Å²) in [5, 5.41) is 3.91. The quantitative estimate of drug-likeness (QED) is 0.524. The lowest BCUT2D eigenvalue weighted by atomic mass is 10.1. The number of para-hydroxylation sites is 1. The number of methoxy groups -OCH3 is 3. The summed E-state index contributed by atoms with van der Waals surface area (Å²) in [7, 11) is 5.81. The number of carbonyl (C=O) groups excluding carboxylic acids is 2. The standard InChI is InChI=1S/C21H21N3O7/c1-24(21(26)29-4)16-8-6-5-7-14(16)20(25)30-12-18-22-19(23-31-18)15-10-9-13(27-2)11-17(15)28-3/h5-11H,12H2,1-4H3. The van der Waals surface area contributed by atoms with Crippen LogP contribution < -0.4 is 14.4 Å². The molecule has 0 N–H and O–H groups in total. The topological polar surface area (TPSA) is 113 Å². The maximum atomic E-state index is 12.6. The minimum absolute atomic E-state index is 0.0972. The number of anilines is 1. The fourth-order valence-electron chi connectivity index (χ4n) is 2.79. The van der Waals surface area contributed by atoms with E-state index < -0.39 is 12.1 Å². The molecule has 0 radical (unpaired) electrons. The van der Waals surface area contributed by atoms with Crippen molar-refractivity contribution in [3.05, 3.63) is 53.9 Å². The first-order valence-electron chi connectivity index (χ1n) is 9.11. The van der Waals surface area contributed by atoms with Gasteiger partial charge in [-0.05, 0) is 24.3 Å². The Morgan fingerprint density at radius 2 is 1.84 bits per heavy atom. The minimum atomic E-state index is -0.659. The summed E-state index contributed by atoms with van der Waals surface area (Å²) in [5.74, 6) is 0.835. The Labute approximate surface area is 178 Å². The van der Waals surface area contributed by atoms with Crippen molar-refractivity contribution in [3.8, 4) is 22.9 Å². The lowest BCUT2D eigenvalue weighted by Crippen LogP contribution is -2.27. The van der Waals surface area contributed by atoms with Crippen molar-refractivity contribution in [1.29, 1.82) is 0 Å². The molecule has 0 aliphatic heterocycles. The molecular formula is C21H21N3O7. The second kappa shape index (κ2) is 9.61. The van der Waals surface area contributed by atoms with Crippen molar-refractivity contribution in [1.82, 2.24) is 10.1 Å². The highest BCUT2D eigenvalue weighted by Crippen LogP contribution is 2.31. The second-order valence-corrected chi connectivity index (χ2v) is 6.20. The molecule has 0 aliphatic carbocycles. The van der Waals surface area contributed by atoms with E-state index >= 15 is 0 Å². The van der Waals surface area contributed by atoms with Gasteiger partial charge in [-0.25, -0.2) is 9.59 Å². The van der Waals surface area contributed by atoms with Crippen LogP contribution in [0.3, 0.4) is 0 Å². The first kappa shape index (κ1) is 21.6. The average molecular weight is 427 g/mol. The van der Waals surface area contributed by atoms with Gasteiger partial charge in [-0.15, -0.1) is 0 Å². The second-order valence-electron chi connectivity index (χ2n) is 6.20. The zero-order valence-electron chi connectivity index (χ0n) is 17.4. The monoisotopic (exact) mass is 427 g/mol. The number of ether oxygens (including phenoxy) is 4. The summed E-state index contributed by atoms with van der Waals surface area (Å²) >= 11 is 0. The fourth-order valence-corrected chi connectivity index (χ4v) is 2.79. The highest BCUT2D eigenvalue weighted by Gasteiger charge is 2.21. The van der Waals surface area contributed by atoms with E-state index in [4.69, 9.17) is 23.5 Å². The van der Waals surface area contributed by atoms with Gasteiger partial charge in [0.2, 0.25) is 5.82 Å². The van der Waals surface area contributed by atoms with Gasteiger partial charge >= 0.3 is 12.1 Å². The number of hydrogen-bond acceptors (Lipinski definition) is 9. The summed E-state index contributed by atoms with van der Waals surface area (Å²) in [4.78, 5) is 29.8.